The molecule has 2 aliphatic heterocycles. The maximum atomic E-state index is 13.3. The third-order valence-corrected chi connectivity index (χ3v) is 6.40. The van der Waals surface area contributed by atoms with Gasteiger partial charge in [-0.15, -0.1) is 0 Å². The van der Waals surface area contributed by atoms with Crippen LogP contribution < -0.4 is 4.90 Å². The van der Waals surface area contributed by atoms with Crippen molar-refractivity contribution >= 4 is 11.7 Å². The van der Waals surface area contributed by atoms with Crippen LogP contribution >= 0.6 is 0 Å². The number of amides is 1. The fourth-order valence-electron chi connectivity index (χ4n) is 4.47. The molecule has 7 heteroatoms. The lowest BCUT2D eigenvalue weighted by atomic mass is 10.0. The molecule has 5 rings (SSSR count). The summed E-state index contributed by atoms with van der Waals surface area (Å²) in [6.07, 6.45) is 0.683. The second-order valence-electron chi connectivity index (χ2n) is 8.62. The molecule has 1 saturated heterocycles. The molecule has 0 saturated carbocycles. The second-order valence-corrected chi connectivity index (χ2v) is 8.62. The first kappa shape index (κ1) is 21.1. The Hall–Kier alpha value is -3.76. The second kappa shape index (κ2) is 9.00. The summed E-state index contributed by atoms with van der Waals surface area (Å²) < 4.78 is 0. The van der Waals surface area contributed by atoms with E-state index in [0.29, 0.717) is 30.6 Å². The summed E-state index contributed by atoms with van der Waals surface area (Å²) >= 11 is 0. The van der Waals surface area contributed by atoms with Gasteiger partial charge in [0.25, 0.3) is 5.91 Å². The summed E-state index contributed by atoms with van der Waals surface area (Å²) in [4.78, 5) is 29.7. The number of carbonyl (C=O) groups is 1. The Balaban J connectivity index is 1.51. The molecular formula is C26H26N6O. The van der Waals surface area contributed by atoms with Crippen molar-refractivity contribution in [3.8, 4) is 17.5 Å². The van der Waals surface area contributed by atoms with Crippen LogP contribution in [0.25, 0.3) is 11.4 Å². The average molecular weight is 439 g/mol. The van der Waals surface area contributed by atoms with Gasteiger partial charge in [0.2, 0.25) is 0 Å². The van der Waals surface area contributed by atoms with Gasteiger partial charge in [0.1, 0.15) is 5.82 Å². The van der Waals surface area contributed by atoms with Gasteiger partial charge in [-0.25, -0.2) is 9.97 Å². The van der Waals surface area contributed by atoms with Crippen LogP contribution in [0.3, 0.4) is 0 Å². The first-order valence-electron chi connectivity index (χ1n) is 11.3. The monoisotopic (exact) mass is 438 g/mol. The largest absolute Gasteiger partial charge is 0.354 e. The number of aromatic nitrogens is 2. The number of anilines is 1. The number of rotatable bonds is 3. The molecule has 0 N–H and O–H groups in total. The van der Waals surface area contributed by atoms with E-state index in [1.165, 1.54) is 0 Å². The van der Waals surface area contributed by atoms with E-state index in [2.05, 4.69) is 22.9 Å². The summed E-state index contributed by atoms with van der Waals surface area (Å²) in [5.74, 6) is 1.62. The van der Waals surface area contributed by atoms with Crippen LogP contribution in [0.2, 0.25) is 0 Å². The fourth-order valence-corrected chi connectivity index (χ4v) is 4.47. The summed E-state index contributed by atoms with van der Waals surface area (Å²) in [6, 6.07) is 19.1. The number of fused-ring (bicyclic) bond motifs is 1. The number of piperazine rings is 1. The molecule has 3 heterocycles. The Kier molecular flexibility index (Phi) is 5.76. The molecule has 3 aromatic rings. The minimum absolute atomic E-state index is 0.0609. The lowest BCUT2D eigenvalue weighted by molar-refractivity contribution is 0.0733. The highest BCUT2D eigenvalue weighted by Gasteiger charge is 2.29. The van der Waals surface area contributed by atoms with Crippen LogP contribution in [0.1, 0.15) is 27.2 Å². The Morgan fingerprint density at radius 1 is 0.970 bits per heavy atom. The average Bonchev–Trinajstić information content (AvgIpc) is 2.88. The maximum Gasteiger partial charge on any atom is 0.254 e. The Morgan fingerprint density at radius 3 is 2.52 bits per heavy atom. The number of carbonyl (C=O) groups excluding carboxylic acids is 1. The van der Waals surface area contributed by atoms with Gasteiger partial charge in [-0.3, -0.25) is 4.79 Å². The van der Waals surface area contributed by atoms with Gasteiger partial charge in [0.15, 0.2) is 5.82 Å². The van der Waals surface area contributed by atoms with Crippen molar-refractivity contribution in [2.45, 2.75) is 13.0 Å². The van der Waals surface area contributed by atoms with Crippen LogP contribution in [0.4, 0.5) is 5.82 Å². The third kappa shape index (κ3) is 4.30. The highest BCUT2D eigenvalue weighted by atomic mass is 16.2. The molecule has 2 aliphatic rings. The lowest BCUT2D eigenvalue weighted by Crippen LogP contribution is -2.46. The van der Waals surface area contributed by atoms with E-state index in [9.17, 15) is 10.1 Å². The van der Waals surface area contributed by atoms with Gasteiger partial charge in [-0.05, 0) is 25.2 Å². The molecule has 0 atom stereocenters. The van der Waals surface area contributed by atoms with Crippen molar-refractivity contribution in [2.75, 3.05) is 44.7 Å². The Bertz CT molecular complexity index is 1210. The molecule has 33 heavy (non-hydrogen) atoms. The Labute approximate surface area is 193 Å². The third-order valence-electron chi connectivity index (χ3n) is 6.40. The van der Waals surface area contributed by atoms with E-state index >= 15 is 0 Å². The highest BCUT2D eigenvalue weighted by Crippen LogP contribution is 2.31. The number of hydrogen-bond acceptors (Lipinski definition) is 6. The molecule has 1 fully saturated rings. The predicted molar refractivity (Wildman–Crippen MR) is 127 cm³/mol. The van der Waals surface area contributed by atoms with Gasteiger partial charge in [-0.2, -0.15) is 5.26 Å². The SMILES string of the molecule is CN1CCN(c2nc(-c3ccccc3)nc3c2CN(C(=O)c2cccc(C#N)c2)CC3)CC1. The number of benzene rings is 2. The normalized spacial score (nSPS) is 16.2. The van der Waals surface area contributed by atoms with Gasteiger partial charge >= 0.3 is 0 Å². The zero-order chi connectivity index (χ0) is 22.8. The van der Waals surface area contributed by atoms with Crippen molar-refractivity contribution < 1.29 is 4.79 Å². The fraction of sp³-hybridized carbons (Fsp3) is 0.308. The smallest absolute Gasteiger partial charge is 0.254 e. The molecule has 7 nitrogen and oxygen atoms in total. The van der Waals surface area contributed by atoms with E-state index in [4.69, 9.17) is 9.97 Å². The first-order valence-corrected chi connectivity index (χ1v) is 11.3. The van der Waals surface area contributed by atoms with Gasteiger partial charge in [-0.1, -0.05) is 36.4 Å². The molecule has 1 amide bonds. The van der Waals surface area contributed by atoms with Crippen molar-refractivity contribution in [1.29, 1.82) is 5.26 Å². The van der Waals surface area contributed by atoms with Crippen molar-refractivity contribution in [2.24, 2.45) is 0 Å². The summed E-state index contributed by atoms with van der Waals surface area (Å²) in [6.45, 7) is 4.81. The van der Waals surface area contributed by atoms with E-state index in [1.54, 1.807) is 24.3 Å². The number of nitrogens with zero attached hydrogens (tertiary/aromatic N) is 6. The molecule has 0 unspecified atom stereocenters. The topological polar surface area (TPSA) is 76.4 Å². The van der Waals surface area contributed by atoms with Gasteiger partial charge < -0.3 is 14.7 Å². The minimum atomic E-state index is -0.0609. The number of nitriles is 1. The van der Waals surface area contributed by atoms with Crippen LogP contribution in [0.15, 0.2) is 54.6 Å². The van der Waals surface area contributed by atoms with Crippen molar-refractivity contribution in [3.63, 3.8) is 0 Å². The lowest BCUT2D eigenvalue weighted by Gasteiger charge is -2.37. The molecule has 0 aliphatic carbocycles. The summed E-state index contributed by atoms with van der Waals surface area (Å²) in [7, 11) is 2.14. The van der Waals surface area contributed by atoms with Crippen LogP contribution in [-0.4, -0.2) is 65.4 Å². The maximum absolute atomic E-state index is 13.3. The van der Waals surface area contributed by atoms with Crippen LogP contribution in [-0.2, 0) is 13.0 Å². The molecule has 2 aromatic carbocycles. The first-order chi connectivity index (χ1) is 16.1. The molecule has 166 valence electrons. The van der Waals surface area contributed by atoms with Gasteiger partial charge in [0, 0.05) is 55.8 Å². The van der Waals surface area contributed by atoms with E-state index in [0.717, 1.165) is 54.6 Å². The van der Waals surface area contributed by atoms with E-state index in [-0.39, 0.29) is 5.91 Å². The quantitative estimate of drug-likeness (QED) is 0.626. The summed E-state index contributed by atoms with van der Waals surface area (Å²) in [5.41, 5.74) is 4.10. The van der Waals surface area contributed by atoms with Crippen LogP contribution in [0.5, 0.6) is 0 Å². The minimum Gasteiger partial charge on any atom is -0.354 e. The summed E-state index contributed by atoms with van der Waals surface area (Å²) in [5, 5.41) is 9.20. The van der Waals surface area contributed by atoms with Crippen LogP contribution in [0, 0.1) is 11.3 Å². The highest BCUT2D eigenvalue weighted by molar-refractivity contribution is 5.94. The van der Waals surface area contributed by atoms with E-state index in [1.807, 2.05) is 35.2 Å². The molecule has 0 spiro atoms. The molecule has 0 radical (unpaired) electrons. The van der Waals surface area contributed by atoms with Crippen molar-refractivity contribution in [3.05, 3.63) is 77.0 Å². The van der Waals surface area contributed by atoms with Gasteiger partial charge in [0.05, 0.1) is 23.9 Å². The van der Waals surface area contributed by atoms with Crippen molar-refractivity contribution in [1.82, 2.24) is 19.8 Å². The Morgan fingerprint density at radius 2 is 1.76 bits per heavy atom. The molecular weight excluding hydrogens is 412 g/mol. The zero-order valence-corrected chi connectivity index (χ0v) is 18.7. The predicted octanol–water partition coefficient (Wildman–Crippen LogP) is 2.97. The molecule has 0 bridgehead atoms. The molecule has 1 aromatic heterocycles. The zero-order valence-electron chi connectivity index (χ0n) is 18.7. The standard InChI is InChI=1S/C26H26N6O/c1-30-12-14-31(15-13-30)25-22-18-32(26(33)21-9-5-6-19(16-21)17-27)11-10-23(22)28-24(29-25)20-7-3-2-4-8-20/h2-9,16H,10-15,18H2,1H3. The number of likely N-dealkylation sites (N-methyl/N-ethyl adjacent to an activating group) is 1. The van der Waals surface area contributed by atoms with E-state index < -0.39 is 0 Å². The number of hydrogen-bond donors (Lipinski definition) is 0.